The molecule has 0 bridgehead atoms. The Labute approximate surface area is 214 Å². The molecule has 3 aromatic carbocycles. The maximum atomic E-state index is 14.1. The highest BCUT2D eigenvalue weighted by Crippen LogP contribution is 2.43. The Bertz CT molecular complexity index is 1270. The molecule has 2 aliphatic rings. The molecule has 8 heteroatoms. The predicted molar refractivity (Wildman–Crippen MR) is 137 cm³/mol. The van der Waals surface area contributed by atoms with E-state index >= 15 is 0 Å². The summed E-state index contributed by atoms with van der Waals surface area (Å²) in [5, 5.41) is 6.23. The third-order valence-corrected chi connectivity index (χ3v) is 6.71. The summed E-state index contributed by atoms with van der Waals surface area (Å²) < 4.78 is 26.2. The number of halogens is 2. The maximum Gasteiger partial charge on any atom is 0.340 e. The van der Waals surface area contributed by atoms with Gasteiger partial charge in [0.2, 0.25) is 0 Å². The summed E-state index contributed by atoms with van der Waals surface area (Å²) in [6.45, 7) is 1.26. The zero-order valence-corrected chi connectivity index (χ0v) is 20.7. The summed E-state index contributed by atoms with van der Waals surface area (Å²) in [4.78, 5) is 15.1. The van der Waals surface area contributed by atoms with Crippen molar-refractivity contribution < 1.29 is 18.7 Å². The quantitative estimate of drug-likeness (QED) is 0.377. The zero-order chi connectivity index (χ0) is 25.1. The van der Waals surface area contributed by atoms with E-state index in [1.807, 2.05) is 54.6 Å². The molecule has 2 amide bonds. The van der Waals surface area contributed by atoms with Crippen LogP contribution in [0.4, 0.5) is 9.18 Å². The molecule has 0 radical (unpaired) electrons. The van der Waals surface area contributed by atoms with Crippen molar-refractivity contribution in [2.24, 2.45) is 11.0 Å². The van der Waals surface area contributed by atoms with Gasteiger partial charge in [-0.25, -0.2) is 14.2 Å². The molecule has 0 aromatic heterocycles. The van der Waals surface area contributed by atoms with Crippen LogP contribution in [0.15, 0.2) is 77.9 Å². The van der Waals surface area contributed by atoms with Gasteiger partial charge in [0, 0.05) is 25.0 Å². The van der Waals surface area contributed by atoms with Crippen molar-refractivity contribution >= 4 is 23.3 Å². The molecule has 0 saturated carbocycles. The smallest absolute Gasteiger partial charge is 0.340 e. The van der Waals surface area contributed by atoms with Crippen LogP contribution in [0.1, 0.15) is 29.2 Å². The van der Waals surface area contributed by atoms with Gasteiger partial charge >= 0.3 is 6.03 Å². The molecule has 2 atom stereocenters. The van der Waals surface area contributed by atoms with E-state index in [4.69, 9.17) is 26.2 Å². The van der Waals surface area contributed by atoms with E-state index in [-0.39, 0.29) is 17.8 Å². The van der Waals surface area contributed by atoms with Crippen LogP contribution < -0.4 is 9.47 Å². The number of fused-ring (bicyclic) bond motifs is 3. The number of nitrogens with zero attached hydrogens (tertiary/aromatic N) is 3. The van der Waals surface area contributed by atoms with Crippen LogP contribution in [0.3, 0.4) is 0 Å². The molecule has 0 saturated heterocycles. The lowest BCUT2D eigenvalue weighted by Gasteiger charge is -2.31. The first-order valence-electron chi connectivity index (χ1n) is 11.9. The fourth-order valence-corrected chi connectivity index (χ4v) is 4.76. The molecule has 6 nitrogen and oxygen atoms in total. The van der Waals surface area contributed by atoms with Crippen LogP contribution in [-0.2, 0) is 6.61 Å². The standard InChI is InChI=1S/C28H27ClFN3O3/c1-32(14-6-13-29)28(34)33-27(24-18-36-25-12-11-21(30)16-23(25)26(24)31-33)20-9-5-10-22(15-20)35-17-19-7-3-2-4-8-19/h2-5,7-12,15-16,24,27H,6,13-14,17-18H2,1H3/t24?,27-/m1/s1. The van der Waals surface area contributed by atoms with Gasteiger partial charge in [-0.05, 0) is 47.9 Å². The summed E-state index contributed by atoms with van der Waals surface area (Å²) in [7, 11) is 1.73. The van der Waals surface area contributed by atoms with E-state index in [1.54, 1.807) is 18.0 Å². The minimum absolute atomic E-state index is 0.249. The lowest BCUT2D eigenvalue weighted by molar-refractivity contribution is 0.133. The van der Waals surface area contributed by atoms with E-state index in [0.29, 0.717) is 54.8 Å². The summed E-state index contributed by atoms with van der Waals surface area (Å²) in [6, 6.07) is 21.3. The molecule has 0 spiro atoms. The molecular formula is C28H27ClFN3O3. The number of carbonyl (C=O) groups is 1. The largest absolute Gasteiger partial charge is 0.492 e. The number of urea groups is 1. The highest BCUT2D eigenvalue weighted by molar-refractivity contribution is 6.17. The van der Waals surface area contributed by atoms with Crippen LogP contribution in [0.2, 0.25) is 0 Å². The monoisotopic (exact) mass is 507 g/mol. The number of carbonyl (C=O) groups excluding carboxylic acids is 1. The van der Waals surface area contributed by atoms with Crippen molar-refractivity contribution in [3.8, 4) is 11.5 Å². The fraction of sp³-hybridized carbons (Fsp3) is 0.286. The first kappa shape index (κ1) is 24.1. The second kappa shape index (κ2) is 10.6. The first-order chi connectivity index (χ1) is 17.5. The van der Waals surface area contributed by atoms with Gasteiger partial charge in [-0.2, -0.15) is 5.10 Å². The Morgan fingerprint density at radius 3 is 2.81 bits per heavy atom. The number of ether oxygens (including phenoxy) is 2. The van der Waals surface area contributed by atoms with E-state index < -0.39 is 6.04 Å². The minimum Gasteiger partial charge on any atom is -0.492 e. The van der Waals surface area contributed by atoms with Crippen LogP contribution in [0.25, 0.3) is 0 Å². The molecule has 0 N–H and O–H groups in total. The first-order valence-corrected chi connectivity index (χ1v) is 12.5. The fourth-order valence-electron chi connectivity index (χ4n) is 4.64. The number of benzene rings is 3. The van der Waals surface area contributed by atoms with Crippen LogP contribution in [0.5, 0.6) is 11.5 Å². The highest BCUT2D eigenvalue weighted by Gasteiger charge is 2.46. The number of hydrogen-bond donors (Lipinski definition) is 0. The molecule has 36 heavy (non-hydrogen) atoms. The van der Waals surface area contributed by atoms with Gasteiger partial charge in [-0.1, -0.05) is 42.5 Å². The van der Waals surface area contributed by atoms with Crippen molar-refractivity contribution in [3.63, 3.8) is 0 Å². The number of amides is 2. The van der Waals surface area contributed by atoms with Crippen LogP contribution in [-0.4, -0.2) is 47.7 Å². The van der Waals surface area contributed by atoms with Gasteiger partial charge in [0.15, 0.2) is 0 Å². The lowest BCUT2D eigenvalue weighted by Crippen LogP contribution is -2.41. The minimum atomic E-state index is -0.428. The van der Waals surface area contributed by atoms with Crippen molar-refractivity contribution in [1.29, 1.82) is 0 Å². The topological polar surface area (TPSA) is 54.4 Å². The van der Waals surface area contributed by atoms with E-state index in [2.05, 4.69) is 0 Å². The normalized spacial score (nSPS) is 18.1. The third kappa shape index (κ3) is 4.88. The molecule has 2 aliphatic heterocycles. The predicted octanol–water partition coefficient (Wildman–Crippen LogP) is 5.86. The van der Waals surface area contributed by atoms with Crippen molar-refractivity contribution in [1.82, 2.24) is 9.91 Å². The van der Waals surface area contributed by atoms with E-state index in [1.165, 1.54) is 17.1 Å². The van der Waals surface area contributed by atoms with E-state index in [9.17, 15) is 9.18 Å². The van der Waals surface area contributed by atoms with Gasteiger partial charge in [-0.3, -0.25) is 0 Å². The Kier molecular flexibility index (Phi) is 7.09. The number of alkyl halides is 1. The molecule has 5 rings (SSSR count). The molecule has 0 fully saturated rings. The van der Waals surface area contributed by atoms with Gasteiger partial charge in [-0.15, -0.1) is 11.6 Å². The van der Waals surface area contributed by atoms with Crippen LogP contribution >= 0.6 is 11.6 Å². The molecule has 2 heterocycles. The average molecular weight is 508 g/mol. The van der Waals surface area contributed by atoms with Crippen molar-refractivity contribution in [2.45, 2.75) is 19.1 Å². The highest BCUT2D eigenvalue weighted by atomic mass is 35.5. The molecular weight excluding hydrogens is 481 g/mol. The van der Waals surface area contributed by atoms with Gasteiger partial charge < -0.3 is 14.4 Å². The Morgan fingerprint density at radius 1 is 1.17 bits per heavy atom. The van der Waals surface area contributed by atoms with Gasteiger partial charge in [0.1, 0.15) is 23.9 Å². The Balaban J connectivity index is 1.47. The Hall–Kier alpha value is -3.58. The molecule has 1 unspecified atom stereocenters. The maximum absolute atomic E-state index is 14.1. The average Bonchev–Trinajstić information content (AvgIpc) is 3.31. The van der Waals surface area contributed by atoms with Gasteiger partial charge in [0.05, 0.1) is 24.3 Å². The Morgan fingerprint density at radius 2 is 2.00 bits per heavy atom. The van der Waals surface area contributed by atoms with Crippen molar-refractivity contribution in [2.75, 3.05) is 26.1 Å². The summed E-state index contributed by atoms with van der Waals surface area (Å²) >= 11 is 5.85. The third-order valence-electron chi connectivity index (χ3n) is 6.44. The lowest BCUT2D eigenvalue weighted by atomic mass is 9.86. The summed E-state index contributed by atoms with van der Waals surface area (Å²) in [6.07, 6.45) is 0.669. The van der Waals surface area contributed by atoms with Crippen LogP contribution in [0, 0.1) is 11.7 Å². The molecule has 186 valence electrons. The van der Waals surface area contributed by atoms with Crippen molar-refractivity contribution in [3.05, 3.63) is 95.3 Å². The van der Waals surface area contributed by atoms with E-state index in [0.717, 1.165) is 11.1 Å². The number of hydrogen-bond acceptors (Lipinski definition) is 4. The summed E-state index contributed by atoms with van der Waals surface area (Å²) in [5.41, 5.74) is 3.15. The summed E-state index contributed by atoms with van der Waals surface area (Å²) in [5.74, 6) is 1.08. The molecule has 0 aliphatic carbocycles. The molecule has 3 aromatic rings. The number of rotatable bonds is 7. The van der Waals surface area contributed by atoms with Gasteiger partial charge in [0.25, 0.3) is 0 Å². The SMILES string of the molecule is CN(CCCCl)C(=O)N1N=C2c3cc(F)ccc3OCC2[C@H]1c1cccc(OCc2ccccc2)c1. The second-order valence-corrected chi connectivity index (χ2v) is 9.30. The number of hydrazone groups is 1. The second-order valence-electron chi connectivity index (χ2n) is 8.93. The zero-order valence-electron chi connectivity index (χ0n) is 19.9.